The molecule has 4 rings (SSSR count). The fourth-order valence-corrected chi connectivity index (χ4v) is 4.49. The van der Waals surface area contributed by atoms with Crippen molar-refractivity contribution >= 4 is 23.5 Å². The van der Waals surface area contributed by atoms with Crippen molar-refractivity contribution in [3.8, 4) is 0 Å². The molecule has 0 unspecified atom stereocenters. The minimum absolute atomic E-state index is 0.0709. The van der Waals surface area contributed by atoms with Gasteiger partial charge in [-0.05, 0) is 32.9 Å². The summed E-state index contributed by atoms with van der Waals surface area (Å²) in [6, 6.07) is 11.7. The zero-order valence-electron chi connectivity index (χ0n) is 17.5. The highest BCUT2D eigenvalue weighted by Gasteiger charge is 2.25. The first-order valence-corrected chi connectivity index (χ1v) is 11.0. The number of thioether (sulfide) groups is 1. The highest BCUT2D eigenvalue weighted by Crippen LogP contribution is 2.28. The van der Waals surface area contributed by atoms with Crippen molar-refractivity contribution in [1.29, 1.82) is 0 Å². The standard InChI is InChI=1S/C22H25N5O2S/c1-15-13-21(24-17(3)23-15)26-8-10-27(11-9-26)22(28)19-6-4-5-7-20(19)30-14-18-12-16(2)25-29-18/h4-7,12-13H,8-11,14H2,1-3H3. The lowest BCUT2D eigenvalue weighted by Gasteiger charge is -2.35. The molecule has 0 saturated carbocycles. The van der Waals surface area contributed by atoms with Gasteiger partial charge in [0.25, 0.3) is 5.91 Å². The number of aromatic nitrogens is 3. The van der Waals surface area contributed by atoms with Gasteiger partial charge < -0.3 is 14.3 Å². The fourth-order valence-electron chi connectivity index (χ4n) is 3.57. The van der Waals surface area contributed by atoms with Gasteiger partial charge in [0.05, 0.1) is 17.0 Å². The smallest absolute Gasteiger partial charge is 0.255 e. The molecule has 0 spiro atoms. The van der Waals surface area contributed by atoms with Crippen LogP contribution in [0.5, 0.6) is 0 Å². The van der Waals surface area contributed by atoms with Crippen LogP contribution in [-0.4, -0.2) is 52.1 Å². The Morgan fingerprint density at radius 3 is 2.50 bits per heavy atom. The molecule has 3 heterocycles. The van der Waals surface area contributed by atoms with Crippen LogP contribution in [-0.2, 0) is 5.75 Å². The number of carbonyl (C=O) groups excluding carboxylic acids is 1. The molecule has 1 aliphatic rings. The molecule has 0 N–H and O–H groups in total. The Hall–Kier alpha value is -2.87. The Morgan fingerprint density at radius 1 is 1.03 bits per heavy atom. The van der Waals surface area contributed by atoms with E-state index >= 15 is 0 Å². The van der Waals surface area contributed by atoms with Gasteiger partial charge in [-0.15, -0.1) is 11.8 Å². The normalized spacial score (nSPS) is 14.2. The van der Waals surface area contributed by atoms with E-state index in [1.807, 2.05) is 62.1 Å². The Kier molecular flexibility index (Phi) is 6.03. The Labute approximate surface area is 180 Å². The van der Waals surface area contributed by atoms with Crippen LogP contribution in [0.4, 0.5) is 5.82 Å². The van der Waals surface area contributed by atoms with Gasteiger partial charge in [-0.25, -0.2) is 9.97 Å². The van der Waals surface area contributed by atoms with E-state index in [4.69, 9.17) is 4.52 Å². The van der Waals surface area contributed by atoms with Crippen molar-refractivity contribution in [1.82, 2.24) is 20.0 Å². The molecule has 7 nitrogen and oxygen atoms in total. The number of hydrogen-bond donors (Lipinski definition) is 0. The molecule has 0 bridgehead atoms. The van der Waals surface area contributed by atoms with Crippen LogP contribution in [0.2, 0.25) is 0 Å². The summed E-state index contributed by atoms with van der Waals surface area (Å²) >= 11 is 1.60. The van der Waals surface area contributed by atoms with Gasteiger partial charge in [0.1, 0.15) is 17.4 Å². The van der Waals surface area contributed by atoms with E-state index < -0.39 is 0 Å². The van der Waals surface area contributed by atoms with Gasteiger partial charge in [-0.2, -0.15) is 0 Å². The quantitative estimate of drug-likeness (QED) is 0.580. The summed E-state index contributed by atoms with van der Waals surface area (Å²) in [6.07, 6.45) is 0. The Balaban J connectivity index is 1.41. The maximum Gasteiger partial charge on any atom is 0.255 e. The van der Waals surface area contributed by atoms with Crippen molar-refractivity contribution in [2.75, 3.05) is 31.1 Å². The number of anilines is 1. The van der Waals surface area contributed by atoms with Crippen LogP contribution in [0.3, 0.4) is 0 Å². The molecule has 0 atom stereocenters. The van der Waals surface area contributed by atoms with Crippen molar-refractivity contribution in [3.63, 3.8) is 0 Å². The number of rotatable bonds is 5. The summed E-state index contributed by atoms with van der Waals surface area (Å²) in [5.41, 5.74) is 2.56. The molecule has 8 heteroatoms. The van der Waals surface area contributed by atoms with Crippen molar-refractivity contribution in [2.45, 2.75) is 31.4 Å². The lowest BCUT2D eigenvalue weighted by atomic mass is 10.2. The van der Waals surface area contributed by atoms with Gasteiger partial charge in [0.15, 0.2) is 0 Å². The maximum atomic E-state index is 13.2. The molecule has 3 aromatic rings. The van der Waals surface area contributed by atoms with Crippen molar-refractivity contribution < 1.29 is 9.32 Å². The fraction of sp³-hybridized carbons (Fsp3) is 0.364. The Morgan fingerprint density at radius 2 is 1.80 bits per heavy atom. The SMILES string of the molecule is Cc1cc(CSc2ccccc2C(=O)N2CCN(c3cc(C)nc(C)n3)CC2)on1. The van der Waals surface area contributed by atoms with Crippen LogP contribution in [0, 0.1) is 20.8 Å². The lowest BCUT2D eigenvalue weighted by Crippen LogP contribution is -2.49. The average molecular weight is 424 g/mol. The minimum atomic E-state index is 0.0709. The zero-order chi connectivity index (χ0) is 21.1. The molecule has 156 valence electrons. The van der Waals surface area contributed by atoms with E-state index in [2.05, 4.69) is 20.0 Å². The number of aryl methyl sites for hydroxylation is 3. The van der Waals surface area contributed by atoms with E-state index in [0.29, 0.717) is 18.8 Å². The highest BCUT2D eigenvalue weighted by molar-refractivity contribution is 7.98. The molecular weight excluding hydrogens is 398 g/mol. The first kappa shape index (κ1) is 20.4. The van der Waals surface area contributed by atoms with Gasteiger partial charge in [0.2, 0.25) is 0 Å². The minimum Gasteiger partial charge on any atom is -0.360 e. The van der Waals surface area contributed by atoms with E-state index in [9.17, 15) is 4.79 Å². The van der Waals surface area contributed by atoms with Crippen molar-refractivity contribution in [3.05, 3.63) is 64.9 Å². The summed E-state index contributed by atoms with van der Waals surface area (Å²) < 4.78 is 5.29. The number of benzene rings is 1. The second-order valence-corrected chi connectivity index (χ2v) is 8.43. The maximum absolute atomic E-state index is 13.2. The summed E-state index contributed by atoms with van der Waals surface area (Å²) in [5, 5.41) is 3.93. The van der Waals surface area contributed by atoms with E-state index in [1.165, 1.54) is 0 Å². The third-order valence-electron chi connectivity index (χ3n) is 5.01. The second kappa shape index (κ2) is 8.87. The molecule has 1 aromatic carbocycles. The molecule has 0 radical (unpaired) electrons. The van der Waals surface area contributed by atoms with Gasteiger partial charge >= 0.3 is 0 Å². The molecule has 2 aromatic heterocycles. The monoisotopic (exact) mass is 423 g/mol. The topological polar surface area (TPSA) is 75.4 Å². The number of carbonyl (C=O) groups is 1. The van der Waals surface area contributed by atoms with Crippen LogP contribution in [0.1, 0.15) is 33.3 Å². The largest absolute Gasteiger partial charge is 0.360 e. The van der Waals surface area contributed by atoms with Crippen LogP contribution in [0.25, 0.3) is 0 Å². The van der Waals surface area contributed by atoms with Gasteiger partial charge in [-0.1, -0.05) is 17.3 Å². The molecule has 1 aliphatic heterocycles. The summed E-state index contributed by atoms with van der Waals surface area (Å²) in [6.45, 7) is 8.64. The van der Waals surface area contributed by atoms with E-state index in [1.54, 1.807) is 11.8 Å². The second-order valence-electron chi connectivity index (χ2n) is 7.41. The first-order chi connectivity index (χ1) is 14.5. The first-order valence-electron chi connectivity index (χ1n) is 10.00. The predicted molar refractivity (Wildman–Crippen MR) is 117 cm³/mol. The number of nitrogens with zero attached hydrogens (tertiary/aromatic N) is 5. The van der Waals surface area contributed by atoms with E-state index in [-0.39, 0.29) is 5.91 Å². The Bertz CT molecular complexity index is 1020. The van der Waals surface area contributed by atoms with Crippen LogP contribution >= 0.6 is 11.8 Å². The van der Waals surface area contributed by atoms with E-state index in [0.717, 1.165) is 52.3 Å². The molecule has 1 fully saturated rings. The summed E-state index contributed by atoms with van der Waals surface area (Å²) in [4.78, 5) is 27.2. The van der Waals surface area contributed by atoms with Crippen LogP contribution in [0.15, 0.2) is 45.8 Å². The molecule has 0 aliphatic carbocycles. The number of hydrogen-bond acceptors (Lipinski definition) is 7. The van der Waals surface area contributed by atoms with Crippen LogP contribution < -0.4 is 4.90 Å². The van der Waals surface area contributed by atoms with Gasteiger partial charge in [-0.3, -0.25) is 4.79 Å². The number of piperazine rings is 1. The lowest BCUT2D eigenvalue weighted by molar-refractivity contribution is 0.0743. The highest BCUT2D eigenvalue weighted by atomic mass is 32.2. The molecule has 1 saturated heterocycles. The summed E-state index contributed by atoms with van der Waals surface area (Å²) in [7, 11) is 0. The molecule has 30 heavy (non-hydrogen) atoms. The third-order valence-corrected chi connectivity index (χ3v) is 6.10. The number of amides is 1. The molecule has 1 amide bonds. The van der Waals surface area contributed by atoms with Gasteiger partial charge in [0, 0.05) is 48.9 Å². The molecular formula is C22H25N5O2S. The zero-order valence-corrected chi connectivity index (χ0v) is 18.3. The van der Waals surface area contributed by atoms with Crippen molar-refractivity contribution in [2.24, 2.45) is 0 Å². The third kappa shape index (κ3) is 4.64. The summed E-state index contributed by atoms with van der Waals surface area (Å²) in [5.74, 6) is 3.23. The predicted octanol–water partition coefficient (Wildman–Crippen LogP) is 3.64. The average Bonchev–Trinajstić information content (AvgIpc) is 3.16.